The van der Waals surface area contributed by atoms with E-state index in [0.717, 1.165) is 5.56 Å². The van der Waals surface area contributed by atoms with Gasteiger partial charge in [-0.05, 0) is 29.8 Å². The van der Waals surface area contributed by atoms with Crippen molar-refractivity contribution in [2.75, 3.05) is 12.4 Å². The first-order valence-electron chi connectivity index (χ1n) is 5.44. The van der Waals surface area contributed by atoms with Crippen molar-refractivity contribution in [2.24, 2.45) is 0 Å². The fourth-order valence-corrected chi connectivity index (χ4v) is 1.57. The molecule has 1 aromatic carbocycles. The molecule has 0 saturated carbocycles. The number of carbonyl (C=O) groups excluding carboxylic acids is 1. The van der Waals surface area contributed by atoms with Gasteiger partial charge in [0.05, 0.1) is 12.7 Å². The van der Waals surface area contributed by atoms with Gasteiger partial charge in [-0.3, -0.25) is 0 Å². The normalized spacial score (nSPS) is 10.1. The summed E-state index contributed by atoms with van der Waals surface area (Å²) in [5, 5.41) is 3.10. The Hall–Kier alpha value is -2.30. The molecular formula is C13H13FN2O2. The molecule has 4 nitrogen and oxygen atoms in total. The van der Waals surface area contributed by atoms with E-state index in [-0.39, 0.29) is 5.56 Å². The minimum absolute atomic E-state index is 0.0726. The third kappa shape index (κ3) is 2.68. The highest BCUT2D eigenvalue weighted by Gasteiger charge is 2.12. The van der Waals surface area contributed by atoms with E-state index in [1.165, 1.54) is 19.2 Å². The first kappa shape index (κ1) is 12.2. The second-order valence-corrected chi connectivity index (χ2v) is 3.76. The predicted octanol–water partition coefficient (Wildman–Crippen LogP) is 2.55. The van der Waals surface area contributed by atoms with Gasteiger partial charge >= 0.3 is 5.97 Å². The highest BCUT2D eigenvalue weighted by atomic mass is 19.1. The topological polar surface area (TPSA) is 54.1 Å². The summed E-state index contributed by atoms with van der Waals surface area (Å²) in [7, 11) is 1.22. The molecule has 94 valence electrons. The molecular weight excluding hydrogens is 235 g/mol. The Morgan fingerprint density at radius 2 is 2.28 bits per heavy atom. The lowest BCUT2D eigenvalue weighted by molar-refractivity contribution is 0.0595. The van der Waals surface area contributed by atoms with Gasteiger partial charge in [0.1, 0.15) is 5.82 Å². The second kappa shape index (κ2) is 5.35. The zero-order chi connectivity index (χ0) is 13.0. The zero-order valence-corrected chi connectivity index (χ0v) is 9.87. The molecule has 2 aromatic rings. The molecule has 0 aliphatic carbocycles. The van der Waals surface area contributed by atoms with Crippen LogP contribution < -0.4 is 5.32 Å². The van der Waals surface area contributed by atoms with Crippen molar-refractivity contribution in [3.8, 4) is 0 Å². The number of benzene rings is 1. The summed E-state index contributed by atoms with van der Waals surface area (Å²) in [6.07, 6.45) is 3.68. The molecule has 0 amide bonds. The lowest BCUT2D eigenvalue weighted by Gasteiger charge is -2.07. The van der Waals surface area contributed by atoms with Crippen molar-refractivity contribution in [3.05, 3.63) is 53.6 Å². The van der Waals surface area contributed by atoms with Crippen molar-refractivity contribution < 1.29 is 13.9 Å². The van der Waals surface area contributed by atoms with Crippen molar-refractivity contribution in [1.29, 1.82) is 0 Å². The van der Waals surface area contributed by atoms with Gasteiger partial charge in [0.25, 0.3) is 0 Å². The van der Waals surface area contributed by atoms with Crippen LogP contribution in [0.2, 0.25) is 0 Å². The van der Waals surface area contributed by atoms with Crippen LogP contribution in [0.4, 0.5) is 10.1 Å². The van der Waals surface area contributed by atoms with Gasteiger partial charge in [0.2, 0.25) is 0 Å². The van der Waals surface area contributed by atoms with Gasteiger partial charge < -0.3 is 15.0 Å². The maximum Gasteiger partial charge on any atom is 0.340 e. The van der Waals surface area contributed by atoms with E-state index in [1.54, 1.807) is 6.07 Å². The average molecular weight is 248 g/mol. The Morgan fingerprint density at radius 3 is 2.94 bits per heavy atom. The number of carbonyl (C=O) groups is 1. The summed E-state index contributed by atoms with van der Waals surface area (Å²) in [5.41, 5.74) is 1.66. The van der Waals surface area contributed by atoms with E-state index in [4.69, 9.17) is 0 Å². The van der Waals surface area contributed by atoms with Crippen LogP contribution in [0.1, 0.15) is 15.9 Å². The van der Waals surface area contributed by atoms with Crippen LogP contribution in [-0.2, 0) is 11.3 Å². The molecule has 0 atom stereocenters. The number of methoxy groups -OCH3 is 1. The second-order valence-electron chi connectivity index (χ2n) is 3.76. The Kier molecular flexibility index (Phi) is 3.62. The quantitative estimate of drug-likeness (QED) is 0.817. The lowest BCUT2D eigenvalue weighted by Crippen LogP contribution is -2.06. The van der Waals surface area contributed by atoms with Crippen LogP contribution in [0.25, 0.3) is 0 Å². The highest BCUT2D eigenvalue weighted by Crippen LogP contribution is 2.16. The molecule has 0 unspecified atom stereocenters. The number of halogens is 1. The van der Waals surface area contributed by atoms with Crippen LogP contribution in [0, 0.1) is 5.82 Å². The Morgan fingerprint density at radius 1 is 1.44 bits per heavy atom. The van der Waals surface area contributed by atoms with Crippen molar-refractivity contribution >= 4 is 11.7 Å². The summed E-state index contributed by atoms with van der Waals surface area (Å²) in [5.74, 6) is -1.27. The summed E-state index contributed by atoms with van der Waals surface area (Å²) >= 11 is 0. The number of hydrogen-bond acceptors (Lipinski definition) is 3. The number of nitrogens with one attached hydrogen (secondary N) is 2. The van der Waals surface area contributed by atoms with Crippen molar-refractivity contribution in [1.82, 2.24) is 4.98 Å². The SMILES string of the molecule is COC(=O)c1cc(NCc2cc[nH]c2)ccc1F. The molecule has 0 aliphatic heterocycles. The number of aromatic amines is 1. The van der Waals surface area contributed by atoms with E-state index in [1.807, 2.05) is 18.5 Å². The van der Waals surface area contributed by atoms with E-state index in [2.05, 4.69) is 15.0 Å². The third-order valence-corrected chi connectivity index (χ3v) is 2.53. The molecule has 0 radical (unpaired) electrons. The molecule has 0 aliphatic rings. The molecule has 18 heavy (non-hydrogen) atoms. The van der Waals surface area contributed by atoms with Gasteiger partial charge in [-0.1, -0.05) is 0 Å². The van der Waals surface area contributed by atoms with E-state index in [0.29, 0.717) is 12.2 Å². The Labute approximate surface area is 104 Å². The van der Waals surface area contributed by atoms with E-state index < -0.39 is 11.8 Å². The molecule has 5 heteroatoms. The summed E-state index contributed by atoms with van der Waals surface area (Å²) in [4.78, 5) is 14.3. The number of rotatable bonds is 4. The van der Waals surface area contributed by atoms with Crippen LogP contribution in [-0.4, -0.2) is 18.1 Å². The van der Waals surface area contributed by atoms with Crippen LogP contribution in [0.3, 0.4) is 0 Å². The summed E-state index contributed by atoms with van der Waals surface area (Å²) < 4.78 is 17.9. The molecule has 2 N–H and O–H groups in total. The maximum absolute atomic E-state index is 13.4. The van der Waals surface area contributed by atoms with E-state index >= 15 is 0 Å². The number of aromatic nitrogens is 1. The molecule has 2 rings (SSSR count). The number of H-pyrrole nitrogens is 1. The summed E-state index contributed by atoms with van der Waals surface area (Å²) in [6.45, 7) is 0.593. The van der Waals surface area contributed by atoms with Crippen LogP contribution in [0.5, 0.6) is 0 Å². The fourth-order valence-electron chi connectivity index (χ4n) is 1.57. The minimum atomic E-state index is -0.683. The zero-order valence-electron chi connectivity index (χ0n) is 9.87. The first-order valence-corrected chi connectivity index (χ1v) is 5.44. The van der Waals surface area contributed by atoms with Gasteiger partial charge in [-0.15, -0.1) is 0 Å². The fraction of sp³-hybridized carbons (Fsp3) is 0.154. The molecule has 0 bridgehead atoms. The van der Waals surface area contributed by atoms with Crippen molar-refractivity contribution in [3.63, 3.8) is 0 Å². The lowest BCUT2D eigenvalue weighted by atomic mass is 10.2. The Bertz CT molecular complexity index is 538. The van der Waals surface area contributed by atoms with Crippen LogP contribution >= 0.6 is 0 Å². The molecule has 0 saturated heterocycles. The van der Waals surface area contributed by atoms with Gasteiger partial charge in [0.15, 0.2) is 0 Å². The predicted molar refractivity (Wildman–Crippen MR) is 65.9 cm³/mol. The molecule has 1 aromatic heterocycles. The molecule has 0 fully saturated rings. The third-order valence-electron chi connectivity index (χ3n) is 2.53. The van der Waals surface area contributed by atoms with Gasteiger partial charge in [-0.2, -0.15) is 0 Å². The first-order chi connectivity index (χ1) is 8.70. The molecule has 1 heterocycles. The largest absolute Gasteiger partial charge is 0.465 e. The molecule has 0 spiro atoms. The number of ether oxygens (including phenoxy) is 1. The number of anilines is 1. The number of hydrogen-bond donors (Lipinski definition) is 2. The van der Waals surface area contributed by atoms with Crippen molar-refractivity contribution in [2.45, 2.75) is 6.54 Å². The van der Waals surface area contributed by atoms with E-state index in [9.17, 15) is 9.18 Å². The average Bonchev–Trinajstić information content (AvgIpc) is 2.90. The monoisotopic (exact) mass is 248 g/mol. The standard InChI is InChI=1S/C13H13FN2O2/c1-18-13(17)11-6-10(2-3-12(11)14)16-8-9-4-5-15-7-9/h2-7,15-16H,8H2,1H3. The van der Waals surface area contributed by atoms with Crippen LogP contribution in [0.15, 0.2) is 36.7 Å². The maximum atomic E-state index is 13.4. The van der Waals surface area contributed by atoms with Gasteiger partial charge in [-0.25, -0.2) is 9.18 Å². The van der Waals surface area contributed by atoms with Gasteiger partial charge in [0, 0.05) is 24.6 Å². The summed E-state index contributed by atoms with van der Waals surface area (Å²) in [6, 6.07) is 6.19. The smallest absolute Gasteiger partial charge is 0.340 e. The highest BCUT2D eigenvalue weighted by molar-refractivity contribution is 5.90. The Balaban J connectivity index is 2.12. The number of esters is 1. The minimum Gasteiger partial charge on any atom is -0.465 e.